The molecular weight excluding hydrogens is 425 g/mol. The lowest BCUT2D eigenvalue weighted by molar-refractivity contribution is 0.612. The molecule has 138 valence electrons. The number of hydrogen-bond acceptors (Lipinski definition) is 5. The van der Waals surface area contributed by atoms with E-state index >= 15 is 0 Å². The minimum Gasteiger partial charge on any atom is -0.350 e. The van der Waals surface area contributed by atoms with Gasteiger partial charge in [-0.25, -0.2) is 14.4 Å². The van der Waals surface area contributed by atoms with Crippen LogP contribution in [0.25, 0.3) is 27.8 Å². The highest BCUT2D eigenvalue weighted by molar-refractivity contribution is 9.10. The Hall–Kier alpha value is -3.33. The molecule has 0 aliphatic heterocycles. The monoisotopic (exact) mass is 437 g/mol. The molecule has 0 aliphatic carbocycles. The summed E-state index contributed by atoms with van der Waals surface area (Å²) in [5.74, 6) is 0.117. The molecule has 9 heteroatoms. The first-order valence-corrected chi connectivity index (χ1v) is 9.28. The first-order chi connectivity index (χ1) is 13.7. The van der Waals surface area contributed by atoms with E-state index in [1.165, 1.54) is 6.07 Å². The quantitative estimate of drug-likeness (QED) is 0.439. The third-order valence-electron chi connectivity index (χ3n) is 4.44. The first-order valence-electron chi connectivity index (χ1n) is 8.49. The summed E-state index contributed by atoms with van der Waals surface area (Å²) in [6.45, 7) is 0.269. The van der Waals surface area contributed by atoms with Gasteiger partial charge in [0.15, 0.2) is 5.65 Å². The van der Waals surface area contributed by atoms with Gasteiger partial charge in [0.25, 0.3) is 0 Å². The highest BCUT2D eigenvalue weighted by Gasteiger charge is 2.10. The molecule has 3 heterocycles. The summed E-state index contributed by atoms with van der Waals surface area (Å²) in [4.78, 5) is 13.2. The average molecular weight is 438 g/mol. The second-order valence-electron chi connectivity index (χ2n) is 6.25. The summed E-state index contributed by atoms with van der Waals surface area (Å²) >= 11 is 3.36. The molecule has 5 aromatic rings. The molecule has 5 rings (SSSR count). The third-order valence-corrected chi connectivity index (χ3v) is 4.93. The van der Waals surface area contributed by atoms with Crippen molar-refractivity contribution < 1.29 is 4.39 Å². The molecule has 0 amide bonds. The zero-order chi connectivity index (χ0) is 19.1. The van der Waals surface area contributed by atoms with Gasteiger partial charge < -0.3 is 5.32 Å². The summed E-state index contributed by atoms with van der Waals surface area (Å²) in [5.41, 5.74) is 3.69. The lowest BCUT2D eigenvalue weighted by atomic mass is 10.2. The molecule has 0 aliphatic rings. The summed E-state index contributed by atoms with van der Waals surface area (Å²) in [5, 5.41) is 11.1. The summed E-state index contributed by atoms with van der Waals surface area (Å²) in [6.07, 6.45) is 5.12. The van der Waals surface area contributed by atoms with E-state index in [0.29, 0.717) is 22.7 Å². The van der Waals surface area contributed by atoms with Gasteiger partial charge in [-0.05, 0) is 36.4 Å². The van der Waals surface area contributed by atoms with Crippen LogP contribution >= 0.6 is 15.9 Å². The van der Waals surface area contributed by atoms with Crippen molar-refractivity contribution in [2.75, 3.05) is 5.32 Å². The fourth-order valence-electron chi connectivity index (χ4n) is 3.01. The lowest BCUT2D eigenvalue weighted by Gasteiger charge is -2.08. The van der Waals surface area contributed by atoms with Crippen LogP contribution in [-0.2, 0) is 6.54 Å². The van der Waals surface area contributed by atoms with E-state index < -0.39 is 0 Å². The van der Waals surface area contributed by atoms with Crippen LogP contribution in [0.4, 0.5) is 10.3 Å². The molecule has 0 unspecified atom stereocenters. The molecule has 28 heavy (non-hydrogen) atoms. The van der Waals surface area contributed by atoms with Crippen LogP contribution < -0.4 is 5.32 Å². The molecule has 0 fully saturated rings. The van der Waals surface area contributed by atoms with Gasteiger partial charge in [0.1, 0.15) is 17.7 Å². The van der Waals surface area contributed by atoms with Gasteiger partial charge >= 0.3 is 0 Å². The number of anilines is 1. The highest BCUT2D eigenvalue weighted by Crippen LogP contribution is 2.21. The number of imidazole rings is 1. The Balaban J connectivity index is 1.48. The molecule has 0 spiro atoms. The molecule has 0 atom stereocenters. The molecule has 2 aromatic carbocycles. The number of fused-ring (bicyclic) bond motifs is 2. The zero-order valence-corrected chi connectivity index (χ0v) is 16.0. The van der Waals surface area contributed by atoms with Crippen LogP contribution in [0.15, 0.2) is 59.6 Å². The Labute approximate surface area is 166 Å². The average Bonchev–Trinajstić information content (AvgIpc) is 3.34. The van der Waals surface area contributed by atoms with Crippen LogP contribution in [0, 0.1) is 5.82 Å². The standard InChI is InChI=1S/C19H13BrFN7/c20-13-2-4-15(21)12(5-13)7-22-19-23-9-17-18(26-19)28(10-24-17)14-3-1-11-8-25-27-16(11)6-14/h1-6,8-10H,7H2,(H,25,27)(H,22,23,26). The lowest BCUT2D eigenvalue weighted by Crippen LogP contribution is -2.06. The van der Waals surface area contributed by atoms with E-state index in [4.69, 9.17) is 0 Å². The number of hydrogen-bond donors (Lipinski definition) is 2. The smallest absolute Gasteiger partial charge is 0.225 e. The second kappa shape index (κ2) is 6.68. The topological polar surface area (TPSA) is 84.3 Å². The number of halogens is 2. The Morgan fingerprint density at radius 1 is 1.11 bits per heavy atom. The molecule has 2 N–H and O–H groups in total. The fraction of sp³-hybridized carbons (Fsp3) is 0.0526. The van der Waals surface area contributed by atoms with Gasteiger partial charge in [-0.3, -0.25) is 9.67 Å². The van der Waals surface area contributed by atoms with Crippen molar-refractivity contribution in [1.29, 1.82) is 0 Å². The van der Waals surface area contributed by atoms with Gasteiger partial charge in [-0.15, -0.1) is 0 Å². The second-order valence-corrected chi connectivity index (χ2v) is 7.16. The van der Waals surface area contributed by atoms with Crippen molar-refractivity contribution in [3.63, 3.8) is 0 Å². The zero-order valence-electron chi connectivity index (χ0n) is 14.4. The van der Waals surface area contributed by atoms with Crippen molar-refractivity contribution in [2.24, 2.45) is 0 Å². The van der Waals surface area contributed by atoms with Crippen molar-refractivity contribution in [2.45, 2.75) is 6.54 Å². The van der Waals surface area contributed by atoms with Gasteiger partial charge in [-0.1, -0.05) is 15.9 Å². The highest BCUT2D eigenvalue weighted by atomic mass is 79.9. The predicted octanol–water partition coefficient (Wildman–Crippen LogP) is 4.21. The van der Waals surface area contributed by atoms with Crippen LogP contribution in [0.1, 0.15) is 5.56 Å². The number of H-pyrrole nitrogens is 1. The van der Waals surface area contributed by atoms with Crippen molar-refractivity contribution in [3.8, 4) is 5.69 Å². The van der Waals surface area contributed by atoms with Crippen LogP contribution in [0.5, 0.6) is 0 Å². The molecule has 0 saturated carbocycles. The number of rotatable bonds is 4. The van der Waals surface area contributed by atoms with Gasteiger partial charge in [0, 0.05) is 22.0 Å². The number of aromatic nitrogens is 6. The maximum absolute atomic E-state index is 13.9. The molecule has 3 aromatic heterocycles. The van der Waals surface area contributed by atoms with E-state index in [1.54, 1.807) is 30.9 Å². The molecule has 0 bridgehead atoms. The molecular formula is C19H13BrFN7. The number of nitrogens with zero attached hydrogens (tertiary/aromatic N) is 5. The van der Waals surface area contributed by atoms with Crippen LogP contribution in [0.3, 0.4) is 0 Å². The van der Waals surface area contributed by atoms with Crippen LogP contribution in [-0.4, -0.2) is 29.7 Å². The normalized spacial score (nSPS) is 11.4. The van der Waals surface area contributed by atoms with Gasteiger partial charge in [0.2, 0.25) is 5.95 Å². The Kier molecular flexibility index (Phi) is 4.01. The van der Waals surface area contributed by atoms with E-state index in [-0.39, 0.29) is 12.4 Å². The maximum atomic E-state index is 13.9. The number of nitrogens with one attached hydrogen (secondary N) is 2. The largest absolute Gasteiger partial charge is 0.350 e. The van der Waals surface area contributed by atoms with E-state index in [2.05, 4.69) is 46.4 Å². The van der Waals surface area contributed by atoms with E-state index in [0.717, 1.165) is 21.1 Å². The Morgan fingerprint density at radius 2 is 2.04 bits per heavy atom. The summed E-state index contributed by atoms with van der Waals surface area (Å²) in [6, 6.07) is 10.8. The van der Waals surface area contributed by atoms with Crippen molar-refractivity contribution in [1.82, 2.24) is 29.7 Å². The Morgan fingerprint density at radius 3 is 2.96 bits per heavy atom. The summed E-state index contributed by atoms with van der Waals surface area (Å²) < 4.78 is 16.6. The van der Waals surface area contributed by atoms with Crippen LogP contribution in [0.2, 0.25) is 0 Å². The maximum Gasteiger partial charge on any atom is 0.225 e. The summed E-state index contributed by atoms with van der Waals surface area (Å²) in [7, 11) is 0. The minimum absolute atomic E-state index is 0.269. The minimum atomic E-state index is -0.283. The van der Waals surface area contributed by atoms with Crippen molar-refractivity contribution in [3.05, 3.63) is 71.0 Å². The first kappa shape index (κ1) is 16.8. The van der Waals surface area contributed by atoms with Gasteiger partial charge in [0.05, 0.1) is 23.6 Å². The molecule has 0 radical (unpaired) electrons. The van der Waals surface area contributed by atoms with Gasteiger partial charge in [-0.2, -0.15) is 10.1 Å². The molecule has 7 nitrogen and oxygen atoms in total. The third kappa shape index (κ3) is 2.99. The van der Waals surface area contributed by atoms with E-state index in [9.17, 15) is 4.39 Å². The number of aromatic amines is 1. The predicted molar refractivity (Wildman–Crippen MR) is 108 cm³/mol. The molecule has 0 saturated heterocycles. The fourth-order valence-corrected chi connectivity index (χ4v) is 3.42. The van der Waals surface area contributed by atoms with E-state index in [1.807, 2.05) is 22.8 Å². The SMILES string of the molecule is Fc1ccc(Br)cc1CNc1ncc2ncn(-c3ccc4cn[nH]c4c3)c2n1. The number of benzene rings is 2. The Bertz CT molecular complexity index is 1310. The van der Waals surface area contributed by atoms with Crippen molar-refractivity contribution >= 4 is 43.9 Å².